The van der Waals surface area contributed by atoms with Crippen LogP contribution in [0.25, 0.3) is 0 Å². The third-order valence-electron chi connectivity index (χ3n) is 1.29. The first-order valence-corrected chi connectivity index (χ1v) is 4.46. The molecule has 0 fully saturated rings. The molecule has 0 aromatic rings. The second-order valence-corrected chi connectivity index (χ2v) is 3.11. The second-order valence-electron chi connectivity index (χ2n) is 1.98. The Labute approximate surface area is 72.0 Å². The first-order chi connectivity index (χ1) is 3.31. The van der Waals surface area contributed by atoms with Gasteiger partial charge in [0.05, 0.1) is 0 Å². The minimum absolute atomic E-state index is 0.956. The van der Waals surface area contributed by atoms with Gasteiger partial charge in [-0.1, -0.05) is 0 Å². The van der Waals surface area contributed by atoms with Crippen LogP contribution in [0.15, 0.2) is 0 Å². The summed E-state index contributed by atoms with van der Waals surface area (Å²) in [5, 5.41) is 0. The summed E-state index contributed by atoms with van der Waals surface area (Å²) in [7, 11) is 0. The van der Waals surface area contributed by atoms with Crippen molar-refractivity contribution in [1.82, 2.24) is 0 Å². The average Bonchev–Trinajstić information content (AvgIpc) is 1.68. The molecular weight excluding hydrogens is 229 g/mol. The van der Waals surface area contributed by atoms with E-state index < -0.39 is 0 Å². The molecule has 1 atom stereocenters. The molecule has 1 heteroatoms. The third kappa shape index (κ3) is 5.19. The second kappa shape index (κ2) is 5.46. The van der Waals surface area contributed by atoms with E-state index in [1.807, 2.05) is 0 Å². The molecule has 0 aromatic carbocycles. The number of hydrogen-bond acceptors (Lipinski definition) is 0. The number of rotatable bonds is 3. The van der Waals surface area contributed by atoms with Crippen LogP contribution in [0.1, 0.15) is 26.7 Å². The van der Waals surface area contributed by atoms with E-state index in [-0.39, 0.29) is 0 Å². The minimum atomic E-state index is 0.956. The Morgan fingerprint density at radius 3 is 2.29 bits per heavy atom. The van der Waals surface area contributed by atoms with E-state index in [2.05, 4.69) is 51.8 Å². The van der Waals surface area contributed by atoms with E-state index in [9.17, 15) is 0 Å². The Kier molecular flexibility index (Phi) is 6.49. The summed E-state index contributed by atoms with van der Waals surface area (Å²) in [6, 6.07) is 0. The summed E-state index contributed by atoms with van der Waals surface area (Å²) in [4.78, 5) is 0. The average molecular weight is 242 g/mol. The number of hydrogen-bond donors (Lipinski definition) is 0. The standard InChI is InChI=1S/C6H13.Gd/c1-4-6(3)5-2;/h6H,1,4-5H2,2-3H3;. The molecule has 1 unspecified atom stereocenters. The summed E-state index contributed by atoms with van der Waals surface area (Å²) in [6.45, 7) is 4.57. The first kappa shape index (κ1) is 8.32. The normalized spacial score (nSPS) is 14.1. The van der Waals surface area contributed by atoms with Crippen LogP contribution >= 0.6 is 0 Å². The quantitative estimate of drug-likeness (QED) is 0.713. The summed E-state index contributed by atoms with van der Waals surface area (Å²) >= 11 is 2.07. The van der Waals surface area contributed by atoms with E-state index in [1.54, 1.807) is 0 Å². The van der Waals surface area contributed by atoms with Crippen LogP contribution in [0.5, 0.6) is 0 Å². The van der Waals surface area contributed by atoms with E-state index in [4.69, 9.17) is 0 Å². The molecule has 0 aromatic heterocycles. The van der Waals surface area contributed by atoms with Gasteiger partial charge in [-0.15, -0.1) is 0 Å². The molecule has 0 saturated heterocycles. The van der Waals surface area contributed by atoms with Gasteiger partial charge in [-0.3, -0.25) is 0 Å². The van der Waals surface area contributed by atoms with Crippen molar-refractivity contribution in [3.63, 3.8) is 0 Å². The Balaban J connectivity index is 2.83. The Bertz CT molecular complexity index is 35.2. The molecule has 0 aliphatic rings. The van der Waals surface area contributed by atoms with Crippen LogP contribution in [0.3, 0.4) is 0 Å². The monoisotopic (exact) mass is 243 g/mol. The SMILES string of the molecule is CCC(C)C[CH2][Gd]. The molecule has 0 amide bonds. The molecule has 0 bridgehead atoms. The van der Waals surface area contributed by atoms with Crippen LogP contribution in [-0.2, 0) is 0 Å². The fourth-order valence-electron chi connectivity index (χ4n) is 0.378. The third-order valence-corrected chi connectivity index (χ3v) is 1.95. The molecule has 0 radical (unpaired) electrons. The van der Waals surface area contributed by atoms with Crippen molar-refractivity contribution in [2.75, 3.05) is 0 Å². The van der Waals surface area contributed by atoms with Crippen LogP contribution < -0.4 is 0 Å². The van der Waals surface area contributed by atoms with Gasteiger partial charge >= 0.3 is 72.7 Å². The molecule has 0 spiro atoms. The fourth-order valence-corrected chi connectivity index (χ4v) is 1.50. The van der Waals surface area contributed by atoms with E-state index in [1.165, 1.54) is 15.0 Å². The summed E-state index contributed by atoms with van der Waals surface area (Å²) in [5.41, 5.74) is 0. The first-order valence-electron chi connectivity index (χ1n) is 2.85. The van der Waals surface area contributed by atoms with E-state index in [0.29, 0.717) is 0 Å². The van der Waals surface area contributed by atoms with Gasteiger partial charge in [0.2, 0.25) is 0 Å². The van der Waals surface area contributed by atoms with Crippen molar-refractivity contribution in [3.8, 4) is 0 Å². The van der Waals surface area contributed by atoms with Gasteiger partial charge in [0, 0.05) is 0 Å². The molecule has 0 saturated carbocycles. The van der Waals surface area contributed by atoms with E-state index in [0.717, 1.165) is 5.92 Å². The molecule has 0 aliphatic carbocycles. The van der Waals surface area contributed by atoms with Gasteiger partial charge < -0.3 is 0 Å². The Morgan fingerprint density at radius 1 is 1.57 bits per heavy atom. The van der Waals surface area contributed by atoms with Gasteiger partial charge in [0.1, 0.15) is 0 Å². The maximum atomic E-state index is 2.31. The summed E-state index contributed by atoms with van der Waals surface area (Å²) < 4.78 is 1.37. The molecule has 0 nitrogen and oxygen atoms in total. The van der Waals surface area contributed by atoms with Gasteiger partial charge in [0.15, 0.2) is 0 Å². The topological polar surface area (TPSA) is 0 Å². The fraction of sp³-hybridized carbons (Fsp3) is 1.00. The van der Waals surface area contributed by atoms with Crippen molar-refractivity contribution in [3.05, 3.63) is 0 Å². The van der Waals surface area contributed by atoms with Crippen molar-refractivity contribution < 1.29 is 37.9 Å². The molecule has 0 heterocycles. The molecule has 45 valence electrons. The van der Waals surface area contributed by atoms with Gasteiger partial charge in [-0.2, -0.15) is 0 Å². The van der Waals surface area contributed by atoms with Crippen molar-refractivity contribution in [2.24, 2.45) is 5.92 Å². The zero-order valence-corrected chi connectivity index (χ0v) is 7.32. The Morgan fingerprint density at radius 2 is 2.14 bits per heavy atom. The predicted molar refractivity (Wildman–Crippen MR) is 28.9 cm³/mol. The van der Waals surface area contributed by atoms with Crippen molar-refractivity contribution in [1.29, 1.82) is 0 Å². The van der Waals surface area contributed by atoms with Crippen LogP contribution in [0, 0.1) is 43.8 Å². The maximum absolute atomic E-state index is 2.31. The van der Waals surface area contributed by atoms with Crippen LogP contribution in [-0.4, -0.2) is 0 Å². The van der Waals surface area contributed by atoms with Crippen molar-refractivity contribution in [2.45, 2.75) is 28.9 Å². The van der Waals surface area contributed by atoms with Crippen LogP contribution in [0.2, 0.25) is 2.20 Å². The molecule has 0 N–H and O–H groups in total. The van der Waals surface area contributed by atoms with Gasteiger partial charge in [-0.25, -0.2) is 0 Å². The molecular formula is C6H13Gd. The molecule has 0 aliphatic heterocycles. The summed E-state index contributed by atoms with van der Waals surface area (Å²) in [6.07, 6.45) is 2.76. The predicted octanol–water partition coefficient (Wildman–Crippen LogP) is 2.39. The zero-order chi connectivity index (χ0) is 5.70. The van der Waals surface area contributed by atoms with Crippen LogP contribution in [0.4, 0.5) is 0 Å². The van der Waals surface area contributed by atoms with Crippen molar-refractivity contribution >= 4 is 0 Å². The molecule has 7 heavy (non-hydrogen) atoms. The summed E-state index contributed by atoms with van der Waals surface area (Å²) in [5.74, 6) is 0.956. The van der Waals surface area contributed by atoms with Gasteiger partial charge in [0.25, 0.3) is 0 Å². The zero-order valence-electron chi connectivity index (χ0n) is 5.05. The molecule has 0 rings (SSSR count). The Hall–Kier alpha value is 1.32. The van der Waals surface area contributed by atoms with Gasteiger partial charge in [-0.05, 0) is 0 Å². The van der Waals surface area contributed by atoms with E-state index >= 15 is 0 Å².